The summed E-state index contributed by atoms with van der Waals surface area (Å²) in [5.41, 5.74) is 0.624. The quantitative estimate of drug-likeness (QED) is 0.865. The number of nitrogens with zero attached hydrogens (tertiary/aromatic N) is 1. The first kappa shape index (κ1) is 18.6. The maximum absolute atomic E-state index is 12.3. The van der Waals surface area contributed by atoms with E-state index in [4.69, 9.17) is 4.74 Å². The number of likely N-dealkylation sites (tertiary alicyclic amines) is 1. The summed E-state index contributed by atoms with van der Waals surface area (Å²) in [5, 5.41) is 12.8. The van der Waals surface area contributed by atoms with E-state index in [1.807, 2.05) is 39.0 Å². The van der Waals surface area contributed by atoms with Crippen molar-refractivity contribution in [1.29, 1.82) is 0 Å². The molecule has 2 N–H and O–H groups in total. The lowest BCUT2D eigenvalue weighted by atomic mass is 9.88. The topological polar surface area (TPSA) is 61.8 Å². The highest BCUT2D eigenvalue weighted by Crippen LogP contribution is 2.26. The molecule has 1 fully saturated rings. The number of nitrogens with one attached hydrogen (secondary N) is 1. The lowest BCUT2D eigenvalue weighted by Gasteiger charge is -2.39. The van der Waals surface area contributed by atoms with Gasteiger partial charge in [0.25, 0.3) is 0 Å². The summed E-state index contributed by atoms with van der Waals surface area (Å²) < 4.78 is 5.50. The highest BCUT2D eigenvalue weighted by Gasteiger charge is 2.33. The standard InChI is InChI=1S/C19H30N2O3/c1-19(2,3)24-18(23)21-12-11-17(15(14-21)8-7-13-22)20-16-9-5-4-6-10-16/h4-6,9-10,15,17,20,22H,7-8,11-14H2,1-3H3. The van der Waals surface area contributed by atoms with Gasteiger partial charge in [-0.05, 0) is 58.1 Å². The number of hydrogen-bond donors (Lipinski definition) is 2. The number of anilines is 1. The van der Waals surface area contributed by atoms with Crippen molar-refractivity contribution >= 4 is 11.8 Å². The molecule has 1 heterocycles. The molecule has 24 heavy (non-hydrogen) atoms. The van der Waals surface area contributed by atoms with Crippen LogP contribution in [0.25, 0.3) is 0 Å². The van der Waals surface area contributed by atoms with Gasteiger partial charge < -0.3 is 20.1 Å². The predicted octanol–water partition coefficient (Wildman–Crippen LogP) is 3.50. The number of piperidine rings is 1. The number of aliphatic hydroxyl groups is 1. The van der Waals surface area contributed by atoms with Crippen molar-refractivity contribution in [2.45, 2.75) is 51.7 Å². The number of benzene rings is 1. The Morgan fingerprint density at radius 1 is 1.33 bits per heavy atom. The zero-order chi connectivity index (χ0) is 17.6. The molecule has 0 radical (unpaired) electrons. The third-order valence-electron chi connectivity index (χ3n) is 4.24. The molecule has 1 amide bonds. The summed E-state index contributed by atoms with van der Waals surface area (Å²) in [4.78, 5) is 14.1. The molecule has 0 bridgehead atoms. The van der Waals surface area contributed by atoms with Gasteiger partial charge in [-0.15, -0.1) is 0 Å². The van der Waals surface area contributed by atoms with Crippen molar-refractivity contribution in [1.82, 2.24) is 4.90 Å². The van der Waals surface area contributed by atoms with Crippen LogP contribution < -0.4 is 5.32 Å². The molecule has 1 aliphatic heterocycles. The highest BCUT2D eigenvalue weighted by atomic mass is 16.6. The van der Waals surface area contributed by atoms with Crippen LogP contribution in [-0.4, -0.2) is 47.4 Å². The zero-order valence-electron chi connectivity index (χ0n) is 15.0. The van der Waals surface area contributed by atoms with E-state index < -0.39 is 5.60 Å². The fourth-order valence-corrected chi connectivity index (χ4v) is 3.11. The Balaban J connectivity index is 1.99. The number of hydrogen-bond acceptors (Lipinski definition) is 4. The molecule has 1 aromatic rings. The number of carbonyl (C=O) groups excluding carboxylic acids is 1. The van der Waals surface area contributed by atoms with Gasteiger partial charge in [-0.3, -0.25) is 0 Å². The fourth-order valence-electron chi connectivity index (χ4n) is 3.11. The van der Waals surface area contributed by atoms with Crippen molar-refractivity contribution in [3.8, 4) is 0 Å². The van der Waals surface area contributed by atoms with Gasteiger partial charge in [0.1, 0.15) is 5.60 Å². The second-order valence-corrected chi connectivity index (χ2v) is 7.46. The van der Waals surface area contributed by atoms with Gasteiger partial charge in [0.05, 0.1) is 0 Å². The van der Waals surface area contributed by atoms with Crippen molar-refractivity contribution in [2.24, 2.45) is 5.92 Å². The molecule has 0 saturated carbocycles. The molecular formula is C19H30N2O3. The Hall–Kier alpha value is -1.75. The van der Waals surface area contributed by atoms with E-state index in [0.29, 0.717) is 25.0 Å². The monoisotopic (exact) mass is 334 g/mol. The Kier molecular flexibility index (Phi) is 6.49. The molecular weight excluding hydrogens is 304 g/mol. The van der Waals surface area contributed by atoms with E-state index >= 15 is 0 Å². The van der Waals surface area contributed by atoms with Crippen LogP contribution in [0.5, 0.6) is 0 Å². The average Bonchev–Trinajstić information content (AvgIpc) is 2.53. The highest BCUT2D eigenvalue weighted by molar-refractivity contribution is 5.68. The number of carbonyl (C=O) groups is 1. The normalized spacial score (nSPS) is 21.4. The Bertz CT molecular complexity index is 513. The van der Waals surface area contributed by atoms with Gasteiger partial charge in [-0.2, -0.15) is 0 Å². The number of ether oxygens (including phenoxy) is 1. The van der Waals surface area contributed by atoms with Crippen molar-refractivity contribution < 1.29 is 14.6 Å². The second kappa shape index (κ2) is 8.38. The van der Waals surface area contributed by atoms with Crippen LogP contribution >= 0.6 is 0 Å². The van der Waals surface area contributed by atoms with Gasteiger partial charge in [0, 0.05) is 31.4 Å². The number of para-hydroxylation sites is 1. The third-order valence-corrected chi connectivity index (χ3v) is 4.24. The summed E-state index contributed by atoms with van der Waals surface area (Å²) in [6, 6.07) is 10.5. The largest absolute Gasteiger partial charge is 0.444 e. The molecule has 5 nitrogen and oxygen atoms in total. The number of rotatable bonds is 5. The molecule has 0 aromatic heterocycles. The summed E-state index contributed by atoms with van der Waals surface area (Å²) in [6.45, 7) is 7.20. The van der Waals surface area contributed by atoms with Crippen LogP contribution in [0.3, 0.4) is 0 Å². The van der Waals surface area contributed by atoms with Crippen LogP contribution in [0.1, 0.15) is 40.0 Å². The molecule has 0 aliphatic carbocycles. The first-order valence-electron chi connectivity index (χ1n) is 8.79. The lowest BCUT2D eigenvalue weighted by molar-refractivity contribution is 0.0147. The minimum atomic E-state index is -0.475. The third kappa shape index (κ3) is 5.71. The summed E-state index contributed by atoms with van der Waals surface area (Å²) >= 11 is 0. The zero-order valence-corrected chi connectivity index (χ0v) is 15.0. The number of aliphatic hydroxyl groups excluding tert-OH is 1. The summed E-state index contributed by atoms with van der Waals surface area (Å²) in [7, 11) is 0. The minimum absolute atomic E-state index is 0.182. The van der Waals surface area contributed by atoms with Crippen molar-refractivity contribution in [3.63, 3.8) is 0 Å². The van der Waals surface area contributed by atoms with Crippen LogP contribution in [0.15, 0.2) is 30.3 Å². The maximum atomic E-state index is 12.3. The van der Waals surface area contributed by atoms with Gasteiger partial charge in [0.2, 0.25) is 0 Å². The van der Waals surface area contributed by atoms with Gasteiger partial charge in [-0.1, -0.05) is 18.2 Å². The predicted molar refractivity (Wildman–Crippen MR) is 96.1 cm³/mol. The molecule has 2 atom stereocenters. The first-order chi connectivity index (χ1) is 11.4. The molecule has 1 aromatic carbocycles. The second-order valence-electron chi connectivity index (χ2n) is 7.46. The van der Waals surface area contributed by atoms with E-state index in [0.717, 1.165) is 24.9 Å². The van der Waals surface area contributed by atoms with E-state index in [9.17, 15) is 9.90 Å². The SMILES string of the molecule is CC(C)(C)OC(=O)N1CCC(Nc2ccccc2)C(CCCO)C1. The van der Waals surface area contributed by atoms with Crippen LogP contribution in [0.4, 0.5) is 10.5 Å². The first-order valence-corrected chi connectivity index (χ1v) is 8.79. The number of amides is 1. The van der Waals surface area contributed by atoms with E-state index in [1.165, 1.54) is 0 Å². The Labute approximate surface area is 145 Å². The summed E-state index contributed by atoms with van der Waals surface area (Å²) in [6.07, 6.45) is 2.28. The molecule has 5 heteroatoms. The molecule has 1 aliphatic rings. The van der Waals surface area contributed by atoms with E-state index in [1.54, 1.807) is 4.90 Å². The lowest BCUT2D eigenvalue weighted by Crippen LogP contribution is -2.49. The molecule has 2 rings (SSSR count). The van der Waals surface area contributed by atoms with Crippen molar-refractivity contribution in [2.75, 3.05) is 25.0 Å². The van der Waals surface area contributed by atoms with Gasteiger partial charge in [-0.25, -0.2) is 4.79 Å². The van der Waals surface area contributed by atoms with E-state index in [2.05, 4.69) is 17.4 Å². The smallest absolute Gasteiger partial charge is 0.410 e. The summed E-state index contributed by atoms with van der Waals surface area (Å²) in [5.74, 6) is 0.304. The maximum Gasteiger partial charge on any atom is 0.410 e. The molecule has 134 valence electrons. The van der Waals surface area contributed by atoms with Gasteiger partial charge >= 0.3 is 6.09 Å². The Morgan fingerprint density at radius 3 is 2.67 bits per heavy atom. The van der Waals surface area contributed by atoms with E-state index in [-0.39, 0.29) is 12.7 Å². The van der Waals surface area contributed by atoms with Crippen LogP contribution in [0, 0.1) is 5.92 Å². The molecule has 2 unspecified atom stereocenters. The Morgan fingerprint density at radius 2 is 2.04 bits per heavy atom. The fraction of sp³-hybridized carbons (Fsp3) is 0.632. The van der Waals surface area contributed by atoms with Gasteiger partial charge in [0.15, 0.2) is 0 Å². The minimum Gasteiger partial charge on any atom is -0.444 e. The average molecular weight is 334 g/mol. The molecule has 1 saturated heterocycles. The van der Waals surface area contributed by atoms with Crippen LogP contribution in [0.2, 0.25) is 0 Å². The van der Waals surface area contributed by atoms with Crippen molar-refractivity contribution in [3.05, 3.63) is 30.3 Å². The molecule has 0 spiro atoms. The van der Waals surface area contributed by atoms with Crippen LogP contribution in [-0.2, 0) is 4.74 Å².